The fraction of sp³-hybridized carbons (Fsp3) is 0.200. The number of hydrogen-bond acceptors (Lipinski definition) is 5. The van der Waals surface area contributed by atoms with Crippen LogP contribution in [0.2, 0.25) is 0 Å². The molecule has 2 aromatic heterocycles. The SMILES string of the molecule is Cc1ccnc(-n2c(SC(C)C(=O)c3cc(C)ccc3C)nc3ccccc3c2=O)c1. The number of fused-ring (bicyclic) bond motifs is 1. The maximum Gasteiger partial charge on any atom is 0.267 e. The van der Waals surface area contributed by atoms with Gasteiger partial charge in [0.2, 0.25) is 0 Å². The van der Waals surface area contributed by atoms with Crippen molar-refractivity contribution in [2.45, 2.75) is 38.1 Å². The highest BCUT2D eigenvalue weighted by Crippen LogP contribution is 2.27. The van der Waals surface area contributed by atoms with Crippen molar-refractivity contribution in [3.8, 4) is 5.82 Å². The Bertz CT molecular complexity index is 1360. The highest BCUT2D eigenvalue weighted by atomic mass is 32.2. The number of aryl methyl sites for hydroxylation is 3. The number of Topliss-reactive ketones (excluding diaryl/α,β-unsaturated/α-hetero) is 1. The molecule has 2 heterocycles. The van der Waals surface area contributed by atoms with E-state index in [1.165, 1.54) is 16.3 Å². The van der Waals surface area contributed by atoms with Gasteiger partial charge in [-0.15, -0.1) is 0 Å². The second-order valence-electron chi connectivity index (χ2n) is 7.69. The zero-order valence-electron chi connectivity index (χ0n) is 17.9. The number of thioether (sulfide) groups is 1. The molecular weight excluding hydrogens is 406 g/mol. The first-order valence-electron chi connectivity index (χ1n) is 10.1. The molecule has 156 valence electrons. The topological polar surface area (TPSA) is 64.8 Å². The summed E-state index contributed by atoms with van der Waals surface area (Å²) in [6.07, 6.45) is 1.67. The van der Waals surface area contributed by atoms with Crippen molar-refractivity contribution < 1.29 is 4.79 Å². The Morgan fingerprint density at radius 2 is 1.74 bits per heavy atom. The van der Waals surface area contributed by atoms with E-state index in [1.54, 1.807) is 12.3 Å². The van der Waals surface area contributed by atoms with E-state index < -0.39 is 5.25 Å². The van der Waals surface area contributed by atoms with Crippen molar-refractivity contribution in [2.75, 3.05) is 0 Å². The smallest absolute Gasteiger partial charge is 0.267 e. The van der Waals surface area contributed by atoms with Crippen molar-refractivity contribution in [3.05, 3.63) is 93.4 Å². The van der Waals surface area contributed by atoms with Crippen molar-refractivity contribution >= 4 is 28.4 Å². The van der Waals surface area contributed by atoms with E-state index >= 15 is 0 Å². The molecule has 0 aliphatic rings. The molecule has 0 amide bonds. The van der Waals surface area contributed by atoms with Crippen molar-refractivity contribution in [1.82, 2.24) is 14.5 Å². The van der Waals surface area contributed by atoms with E-state index in [9.17, 15) is 9.59 Å². The fourth-order valence-corrected chi connectivity index (χ4v) is 4.45. The molecule has 0 N–H and O–H groups in total. The van der Waals surface area contributed by atoms with Crippen molar-refractivity contribution in [2.24, 2.45) is 0 Å². The molecule has 0 spiro atoms. The second-order valence-corrected chi connectivity index (χ2v) is 8.99. The van der Waals surface area contributed by atoms with Crippen LogP contribution in [0.3, 0.4) is 0 Å². The number of carbonyl (C=O) groups is 1. The van der Waals surface area contributed by atoms with Crippen LogP contribution in [0.15, 0.2) is 70.7 Å². The minimum atomic E-state index is -0.426. The number of benzene rings is 2. The van der Waals surface area contributed by atoms with Gasteiger partial charge in [-0.25, -0.2) is 14.5 Å². The summed E-state index contributed by atoms with van der Waals surface area (Å²) in [6.45, 7) is 7.71. The molecule has 0 fully saturated rings. The Hall–Kier alpha value is -3.25. The molecule has 31 heavy (non-hydrogen) atoms. The Labute approximate surface area is 185 Å². The summed E-state index contributed by atoms with van der Waals surface area (Å²) < 4.78 is 1.51. The van der Waals surface area contributed by atoms with Gasteiger partial charge >= 0.3 is 0 Å². The summed E-state index contributed by atoms with van der Waals surface area (Å²) >= 11 is 1.28. The van der Waals surface area contributed by atoms with Gasteiger partial charge in [0.1, 0.15) is 5.82 Å². The molecule has 2 aromatic carbocycles. The second kappa shape index (κ2) is 8.47. The first-order chi connectivity index (χ1) is 14.8. The van der Waals surface area contributed by atoms with E-state index in [4.69, 9.17) is 4.98 Å². The maximum atomic E-state index is 13.4. The summed E-state index contributed by atoms with van der Waals surface area (Å²) in [5.41, 5.74) is 4.06. The summed E-state index contributed by atoms with van der Waals surface area (Å²) in [6, 6.07) is 16.8. The molecule has 4 aromatic rings. The lowest BCUT2D eigenvalue weighted by Gasteiger charge is -2.16. The van der Waals surface area contributed by atoms with Crippen molar-refractivity contribution in [3.63, 3.8) is 0 Å². The van der Waals surface area contributed by atoms with Crippen LogP contribution >= 0.6 is 11.8 Å². The number of para-hydroxylation sites is 1. The number of aromatic nitrogens is 3. The van der Waals surface area contributed by atoms with Gasteiger partial charge in [0.05, 0.1) is 16.2 Å². The van der Waals surface area contributed by atoms with Crippen LogP contribution in [0.1, 0.15) is 34.0 Å². The average molecular weight is 430 g/mol. The predicted octanol–water partition coefficient (Wildman–Crippen LogP) is 5.07. The van der Waals surface area contributed by atoms with E-state index in [1.807, 2.05) is 76.2 Å². The third kappa shape index (κ3) is 4.16. The zero-order chi connectivity index (χ0) is 22.1. The molecule has 0 saturated carbocycles. The quantitative estimate of drug-likeness (QED) is 0.252. The first kappa shape index (κ1) is 21.0. The highest BCUT2D eigenvalue weighted by Gasteiger charge is 2.23. The number of hydrogen-bond donors (Lipinski definition) is 0. The van der Waals surface area contributed by atoms with Gasteiger partial charge in [0.25, 0.3) is 5.56 Å². The van der Waals surface area contributed by atoms with Crippen LogP contribution in [-0.4, -0.2) is 25.6 Å². The summed E-state index contributed by atoms with van der Waals surface area (Å²) in [5, 5.41) is 0.543. The molecule has 0 bridgehead atoms. The van der Waals surface area contributed by atoms with Gasteiger partial charge in [-0.2, -0.15) is 0 Å². The molecule has 0 aliphatic carbocycles. The van der Waals surface area contributed by atoms with Gasteiger partial charge in [0, 0.05) is 11.8 Å². The third-order valence-corrected chi connectivity index (χ3v) is 6.24. The lowest BCUT2D eigenvalue weighted by molar-refractivity contribution is 0.0993. The molecule has 1 atom stereocenters. The van der Waals surface area contributed by atoms with Crippen LogP contribution in [-0.2, 0) is 0 Å². The standard InChI is InChI=1S/C25H23N3O2S/c1-15-9-10-17(3)20(13-15)23(29)18(4)31-25-27-21-8-6-5-7-19(21)24(30)28(25)22-14-16(2)11-12-26-22/h5-14,18H,1-4H3. The average Bonchev–Trinajstić information content (AvgIpc) is 2.75. The van der Waals surface area contributed by atoms with Gasteiger partial charge in [0.15, 0.2) is 10.9 Å². The summed E-state index contributed by atoms with van der Waals surface area (Å²) in [5.74, 6) is 0.509. The molecule has 0 saturated heterocycles. The lowest BCUT2D eigenvalue weighted by Crippen LogP contribution is -2.24. The van der Waals surface area contributed by atoms with Crippen LogP contribution < -0.4 is 5.56 Å². The molecule has 4 rings (SSSR count). The minimum absolute atomic E-state index is 0.0114. The van der Waals surface area contributed by atoms with Crippen molar-refractivity contribution in [1.29, 1.82) is 0 Å². The molecule has 0 aliphatic heterocycles. The number of carbonyl (C=O) groups excluding carboxylic acids is 1. The maximum absolute atomic E-state index is 13.4. The molecule has 5 nitrogen and oxygen atoms in total. The highest BCUT2D eigenvalue weighted by molar-refractivity contribution is 8.00. The summed E-state index contributed by atoms with van der Waals surface area (Å²) in [4.78, 5) is 35.7. The number of rotatable bonds is 5. The number of nitrogens with zero attached hydrogens (tertiary/aromatic N) is 3. The van der Waals surface area contributed by atoms with Gasteiger partial charge in [-0.05, 0) is 69.2 Å². The predicted molar refractivity (Wildman–Crippen MR) is 125 cm³/mol. The Morgan fingerprint density at radius 1 is 1.00 bits per heavy atom. The normalized spacial score (nSPS) is 12.1. The third-order valence-electron chi connectivity index (χ3n) is 5.18. The fourth-order valence-electron chi connectivity index (χ4n) is 3.47. The van der Waals surface area contributed by atoms with Crippen LogP contribution in [0.25, 0.3) is 16.7 Å². The number of ketones is 1. The number of pyridine rings is 1. The Balaban J connectivity index is 1.83. The van der Waals surface area contributed by atoms with Crippen LogP contribution in [0, 0.1) is 20.8 Å². The lowest BCUT2D eigenvalue weighted by atomic mass is 10.0. The van der Waals surface area contributed by atoms with E-state index in [-0.39, 0.29) is 11.3 Å². The summed E-state index contributed by atoms with van der Waals surface area (Å²) in [7, 11) is 0. The monoisotopic (exact) mass is 429 g/mol. The largest absolute Gasteiger partial charge is 0.293 e. The molecule has 0 radical (unpaired) electrons. The van der Waals surface area contributed by atoms with E-state index in [0.29, 0.717) is 27.4 Å². The first-order valence-corrected chi connectivity index (χ1v) is 11.0. The van der Waals surface area contributed by atoms with Gasteiger partial charge < -0.3 is 0 Å². The van der Waals surface area contributed by atoms with E-state index in [0.717, 1.165) is 16.7 Å². The van der Waals surface area contributed by atoms with E-state index in [2.05, 4.69) is 4.98 Å². The van der Waals surface area contributed by atoms with Gasteiger partial charge in [-0.1, -0.05) is 41.6 Å². The van der Waals surface area contributed by atoms with Gasteiger partial charge in [-0.3, -0.25) is 9.59 Å². The molecular formula is C25H23N3O2S. The molecule has 6 heteroatoms. The molecule has 1 unspecified atom stereocenters. The minimum Gasteiger partial charge on any atom is -0.293 e. The van der Waals surface area contributed by atoms with Crippen LogP contribution in [0.4, 0.5) is 0 Å². The zero-order valence-corrected chi connectivity index (χ0v) is 18.7. The van der Waals surface area contributed by atoms with Crippen LogP contribution in [0.5, 0.6) is 0 Å². The Kier molecular flexibility index (Phi) is 5.74. The Morgan fingerprint density at radius 3 is 2.52 bits per heavy atom.